The first-order valence-electron chi connectivity index (χ1n) is 6.80. The lowest BCUT2D eigenvalue weighted by molar-refractivity contribution is -0.122. The molecule has 1 atom stereocenters. The predicted molar refractivity (Wildman–Crippen MR) is 68.8 cm³/mol. The summed E-state index contributed by atoms with van der Waals surface area (Å²) in [6, 6.07) is 0. The number of nitrogens with one attached hydrogen (secondary N) is 2. The van der Waals surface area contributed by atoms with Crippen LogP contribution >= 0.6 is 0 Å². The predicted octanol–water partition coefficient (Wildman–Crippen LogP) is 0.444. The van der Waals surface area contributed by atoms with Crippen molar-refractivity contribution in [1.29, 1.82) is 0 Å². The van der Waals surface area contributed by atoms with Crippen LogP contribution in [0.5, 0.6) is 0 Å². The molecule has 4 heteroatoms. The Hall–Kier alpha value is -0.610. The van der Waals surface area contributed by atoms with E-state index in [0.29, 0.717) is 0 Å². The molecule has 1 unspecified atom stereocenters. The Morgan fingerprint density at radius 2 is 2.06 bits per heavy atom. The van der Waals surface area contributed by atoms with Crippen LogP contribution in [0.25, 0.3) is 0 Å². The molecule has 4 nitrogen and oxygen atoms in total. The van der Waals surface area contributed by atoms with E-state index in [1.807, 2.05) is 0 Å². The van der Waals surface area contributed by atoms with Gasteiger partial charge in [0.05, 0.1) is 0 Å². The van der Waals surface area contributed by atoms with Crippen molar-refractivity contribution in [3.8, 4) is 0 Å². The summed E-state index contributed by atoms with van der Waals surface area (Å²) in [5.41, 5.74) is 0.253. The van der Waals surface area contributed by atoms with Crippen molar-refractivity contribution in [2.75, 3.05) is 39.3 Å². The molecule has 2 rings (SSSR count). The fourth-order valence-corrected chi connectivity index (χ4v) is 2.49. The van der Waals surface area contributed by atoms with Gasteiger partial charge < -0.3 is 15.5 Å². The molecule has 1 aliphatic heterocycles. The Balaban J connectivity index is 1.53. The number of carbonyl (C=O) groups excluding carboxylic acids is 1. The third-order valence-electron chi connectivity index (χ3n) is 3.99. The van der Waals surface area contributed by atoms with Crippen LogP contribution < -0.4 is 10.6 Å². The van der Waals surface area contributed by atoms with Crippen molar-refractivity contribution >= 4 is 5.91 Å². The van der Waals surface area contributed by atoms with E-state index >= 15 is 0 Å². The lowest BCUT2D eigenvalue weighted by Gasteiger charge is -2.27. The molecule has 2 fully saturated rings. The minimum absolute atomic E-state index is 0.253. The van der Waals surface area contributed by atoms with E-state index in [1.54, 1.807) is 0 Å². The molecule has 1 saturated heterocycles. The Morgan fingerprint density at radius 1 is 1.41 bits per heavy atom. The van der Waals surface area contributed by atoms with E-state index < -0.39 is 0 Å². The Kier molecular flexibility index (Phi) is 4.05. The van der Waals surface area contributed by atoms with E-state index in [-0.39, 0.29) is 17.2 Å². The molecule has 98 valence electrons. The van der Waals surface area contributed by atoms with Gasteiger partial charge in [0.25, 0.3) is 0 Å². The van der Waals surface area contributed by atoms with Gasteiger partial charge in [0.1, 0.15) is 0 Å². The van der Waals surface area contributed by atoms with Crippen molar-refractivity contribution in [2.45, 2.75) is 26.7 Å². The fraction of sp³-hybridized carbons (Fsp3) is 0.923. The number of hydrogen-bond acceptors (Lipinski definition) is 3. The van der Waals surface area contributed by atoms with Crippen molar-refractivity contribution in [3.63, 3.8) is 0 Å². The molecule has 0 radical (unpaired) electrons. The summed E-state index contributed by atoms with van der Waals surface area (Å²) in [5.74, 6) is 0.525. The summed E-state index contributed by atoms with van der Waals surface area (Å²) >= 11 is 0. The monoisotopic (exact) mass is 239 g/mol. The zero-order chi connectivity index (χ0) is 12.3. The van der Waals surface area contributed by atoms with Crippen LogP contribution in [0.3, 0.4) is 0 Å². The van der Waals surface area contributed by atoms with E-state index in [0.717, 1.165) is 52.1 Å². The highest BCUT2D eigenvalue weighted by atomic mass is 16.2. The zero-order valence-corrected chi connectivity index (χ0v) is 11.1. The second-order valence-electron chi connectivity index (χ2n) is 5.98. The van der Waals surface area contributed by atoms with Gasteiger partial charge in [-0.3, -0.25) is 4.79 Å². The van der Waals surface area contributed by atoms with Crippen LogP contribution in [-0.2, 0) is 4.79 Å². The number of amides is 1. The fourth-order valence-electron chi connectivity index (χ4n) is 2.49. The van der Waals surface area contributed by atoms with Gasteiger partial charge in [-0.05, 0) is 24.8 Å². The van der Waals surface area contributed by atoms with Crippen molar-refractivity contribution < 1.29 is 4.79 Å². The molecular weight excluding hydrogens is 214 g/mol. The molecule has 0 aromatic heterocycles. The van der Waals surface area contributed by atoms with Gasteiger partial charge in [-0.25, -0.2) is 0 Å². The molecule has 17 heavy (non-hydrogen) atoms. The minimum atomic E-state index is 0.253. The molecule has 2 N–H and O–H groups in total. The van der Waals surface area contributed by atoms with Gasteiger partial charge in [0, 0.05) is 38.6 Å². The van der Waals surface area contributed by atoms with Gasteiger partial charge in [-0.15, -0.1) is 0 Å². The van der Waals surface area contributed by atoms with E-state index in [2.05, 4.69) is 29.4 Å². The van der Waals surface area contributed by atoms with Crippen LogP contribution in [0.4, 0.5) is 0 Å². The second-order valence-corrected chi connectivity index (χ2v) is 5.98. The number of nitrogens with zero attached hydrogens (tertiary/aromatic N) is 1. The molecule has 1 heterocycles. The molecule has 0 bridgehead atoms. The first kappa shape index (κ1) is 12.8. The maximum atomic E-state index is 11.7. The largest absolute Gasteiger partial charge is 0.356 e. The lowest BCUT2D eigenvalue weighted by atomic mass is 10.1. The normalized spacial score (nSPS) is 27.8. The molecule has 0 spiro atoms. The van der Waals surface area contributed by atoms with Gasteiger partial charge in [0.15, 0.2) is 0 Å². The number of hydrogen-bond donors (Lipinski definition) is 2. The number of rotatable bonds is 5. The Labute approximate surface area is 104 Å². The van der Waals surface area contributed by atoms with Crippen LogP contribution in [0.15, 0.2) is 0 Å². The summed E-state index contributed by atoms with van der Waals surface area (Å²) in [7, 11) is 0. The average molecular weight is 239 g/mol. The maximum Gasteiger partial charge on any atom is 0.223 e. The summed E-state index contributed by atoms with van der Waals surface area (Å²) < 4.78 is 0. The second kappa shape index (κ2) is 5.36. The highest BCUT2D eigenvalue weighted by Gasteiger charge is 2.50. The molecular formula is C13H25N3O. The highest BCUT2D eigenvalue weighted by molar-refractivity contribution is 5.82. The van der Waals surface area contributed by atoms with Gasteiger partial charge in [-0.1, -0.05) is 13.8 Å². The van der Waals surface area contributed by atoms with Gasteiger partial charge in [0.2, 0.25) is 5.91 Å². The Bertz CT molecular complexity index is 272. The molecule has 1 saturated carbocycles. The van der Waals surface area contributed by atoms with Crippen molar-refractivity contribution in [2.24, 2.45) is 11.3 Å². The van der Waals surface area contributed by atoms with E-state index in [9.17, 15) is 4.79 Å². The average Bonchev–Trinajstić information content (AvgIpc) is 2.95. The van der Waals surface area contributed by atoms with E-state index in [4.69, 9.17) is 0 Å². The van der Waals surface area contributed by atoms with Crippen LogP contribution in [0.1, 0.15) is 26.7 Å². The molecule has 0 aromatic rings. The third-order valence-corrected chi connectivity index (χ3v) is 3.99. The lowest BCUT2D eigenvalue weighted by Crippen LogP contribution is -2.44. The van der Waals surface area contributed by atoms with Crippen molar-refractivity contribution in [1.82, 2.24) is 15.5 Å². The topological polar surface area (TPSA) is 44.4 Å². The number of carbonyl (C=O) groups is 1. The summed E-state index contributed by atoms with van der Waals surface area (Å²) in [5, 5.41) is 6.40. The Morgan fingerprint density at radius 3 is 2.65 bits per heavy atom. The molecule has 0 aromatic carbocycles. The van der Waals surface area contributed by atoms with Crippen LogP contribution in [0.2, 0.25) is 0 Å². The highest BCUT2D eigenvalue weighted by Crippen LogP contribution is 2.51. The molecule has 1 amide bonds. The van der Waals surface area contributed by atoms with Crippen LogP contribution in [0, 0.1) is 11.3 Å². The quantitative estimate of drug-likeness (QED) is 0.685. The maximum absolute atomic E-state index is 11.7. The number of piperazine rings is 1. The SMILES string of the molecule is CC1(C)CC1C(=O)NCCCN1CCNCC1. The summed E-state index contributed by atoms with van der Waals surface area (Å²) in [6.45, 7) is 10.7. The first-order valence-corrected chi connectivity index (χ1v) is 6.80. The van der Waals surface area contributed by atoms with Gasteiger partial charge >= 0.3 is 0 Å². The van der Waals surface area contributed by atoms with E-state index in [1.165, 1.54) is 0 Å². The minimum Gasteiger partial charge on any atom is -0.356 e. The summed E-state index contributed by atoms with van der Waals surface area (Å²) in [6.07, 6.45) is 2.12. The zero-order valence-electron chi connectivity index (χ0n) is 11.1. The summed E-state index contributed by atoms with van der Waals surface area (Å²) in [4.78, 5) is 14.2. The molecule has 2 aliphatic rings. The van der Waals surface area contributed by atoms with Gasteiger partial charge in [-0.2, -0.15) is 0 Å². The first-order chi connectivity index (χ1) is 8.09. The third kappa shape index (κ3) is 3.68. The standard InChI is InChI=1S/C13H25N3O/c1-13(2)10-11(13)12(17)15-4-3-7-16-8-5-14-6-9-16/h11,14H,3-10H2,1-2H3,(H,15,17). The van der Waals surface area contributed by atoms with Crippen LogP contribution in [-0.4, -0.2) is 50.1 Å². The smallest absolute Gasteiger partial charge is 0.223 e. The van der Waals surface area contributed by atoms with Crippen molar-refractivity contribution in [3.05, 3.63) is 0 Å². The molecule has 1 aliphatic carbocycles.